The molecule has 194 valence electrons. The first-order valence-corrected chi connectivity index (χ1v) is 11.1. The number of amides is 1. The summed E-state index contributed by atoms with van der Waals surface area (Å²) in [6.45, 7) is 6.97. The van der Waals surface area contributed by atoms with Crippen molar-refractivity contribution in [2.45, 2.75) is 33.9 Å². The van der Waals surface area contributed by atoms with E-state index >= 15 is 0 Å². The number of carbonyl (C=O) groups excluding carboxylic acids is 1. The molecule has 2 aromatic carbocycles. The van der Waals surface area contributed by atoms with Gasteiger partial charge in [-0.1, -0.05) is 26.8 Å². The van der Waals surface area contributed by atoms with Crippen molar-refractivity contribution >= 4 is 17.6 Å². The number of nitrogens with zero attached hydrogens (tertiary/aromatic N) is 4. The highest BCUT2D eigenvalue weighted by Crippen LogP contribution is 2.31. The number of anilines is 1. The summed E-state index contributed by atoms with van der Waals surface area (Å²) in [6.07, 6.45) is -3.32. The van der Waals surface area contributed by atoms with Crippen molar-refractivity contribution in [2.75, 3.05) is 18.1 Å². The Morgan fingerprint density at radius 3 is 2.46 bits per heavy atom. The summed E-state index contributed by atoms with van der Waals surface area (Å²) in [6, 6.07) is 10.7. The summed E-state index contributed by atoms with van der Waals surface area (Å²) in [4.78, 5) is 26.0. The first kappa shape index (κ1) is 27.3. The minimum atomic E-state index is -4.56. The molecule has 0 atom stereocenters. The molecular weight excluding hydrogens is 489 g/mol. The van der Waals surface area contributed by atoms with Gasteiger partial charge in [0.05, 0.1) is 34.7 Å². The Morgan fingerprint density at radius 1 is 1.16 bits per heavy atom. The summed E-state index contributed by atoms with van der Waals surface area (Å²) >= 11 is 0. The normalized spacial score (nSPS) is 11.6. The molecule has 0 bridgehead atoms. The number of halogens is 3. The Bertz CT molecular complexity index is 1370. The summed E-state index contributed by atoms with van der Waals surface area (Å²) in [5.74, 6) is -1.76. The number of benzene rings is 2. The van der Waals surface area contributed by atoms with Crippen LogP contribution in [0.2, 0.25) is 0 Å². The molecule has 0 radical (unpaired) electrons. The fraction of sp³-hybridized carbons (Fsp3) is 0.308. The van der Waals surface area contributed by atoms with Crippen LogP contribution in [0.4, 0.5) is 18.9 Å². The van der Waals surface area contributed by atoms with Gasteiger partial charge in [0, 0.05) is 11.9 Å². The number of aliphatic carboxylic acids is 1. The van der Waals surface area contributed by atoms with Gasteiger partial charge in [-0.05, 0) is 48.7 Å². The smallest absolute Gasteiger partial charge is 0.416 e. The Labute approximate surface area is 211 Å². The molecule has 0 aliphatic heterocycles. The van der Waals surface area contributed by atoms with Crippen LogP contribution in [-0.4, -0.2) is 39.9 Å². The van der Waals surface area contributed by atoms with Gasteiger partial charge >= 0.3 is 12.1 Å². The molecule has 0 aliphatic carbocycles. The lowest BCUT2D eigenvalue weighted by Crippen LogP contribution is -2.36. The average molecular weight is 515 g/mol. The monoisotopic (exact) mass is 514 g/mol. The maximum absolute atomic E-state index is 13.4. The molecule has 0 fully saturated rings. The maximum atomic E-state index is 13.4. The standard InChI is InChI=1S/C26H25F3N4O4/c1-16-21(13-33(31-16)20-7-5-6-18(11-20)26(27,28)29)24(36)32(14-23(34)35)19-8-9-22(17(10-19)12-30)37-15-25(2,3)4/h5-11,13H,14-15H2,1-4H3,(H,34,35). The highest BCUT2D eigenvalue weighted by Gasteiger charge is 2.31. The number of ether oxygens (including phenoxy) is 1. The van der Waals surface area contributed by atoms with Crippen molar-refractivity contribution in [1.82, 2.24) is 9.78 Å². The molecule has 3 aromatic rings. The molecule has 0 saturated carbocycles. The zero-order valence-electron chi connectivity index (χ0n) is 20.6. The van der Waals surface area contributed by atoms with E-state index in [0.29, 0.717) is 6.61 Å². The van der Waals surface area contributed by atoms with Gasteiger partial charge in [-0.25, -0.2) is 4.68 Å². The second-order valence-corrected chi connectivity index (χ2v) is 9.55. The Hall–Kier alpha value is -4.33. The number of nitriles is 1. The minimum Gasteiger partial charge on any atom is -0.492 e. The third-order valence-electron chi connectivity index (χ3n) is 5.16. The molecule has 1 heterocycles. The molecule has 3 rings (SSSR count). The quantitative estimate of drug-likeness (QED) is 0.463. The molecule has 1 N–H and O–H groups in total. The summed E-state index contributed by atoms with van der Waals surface area (Å²) < 4.78 is 46.2. The van der Waals surface area contributed by atoms with Crippen molar-refractivity contribution in [2.24, 2.45) is 5.41 Å². The van der Waals surface area contributed by atoms with Crippen LogP contribution in [0, 0.1) is 23.7 Å². The SMILES string of the molecule is Cc1nn(-c2cccc(C(F)(F)F)c2)cc1C(=O)N(CC(=O)O)c1ccc(OCC(C)(C)C)c(C#N)c1. The second kappa shape index (κ2) is 10.3. The van der Waals surface area contributed by atoms with E-state index in [1.807, 2.05) is 26.8 Å². The second-order valence-electron chi connectivity index (χ2n) is 9.55. The predicted molar refractivity (Wildman–Crippen MR) is 129 cm³/mol. The van der Waals surface area contributed by atoms with E-state index in [9.17, 15) is 33.1 Å². The molecule has 8 nitrogen and oxygen atoms in total. The molecule has 0 unspecified atom stereocenters. The highest BCUT2D eigenvalue weighted by molar-refractivity contribution is 6.08. The molecule has 1 aromatic heterocycles. The van der Waals surface area contributed by atoms with Gasteiger partial charge in [-0.2, -0.15) is 23.5 Å². The van der Waals surface area contributed by atoms with E-state index in [1.54, 1.807) is 0 Å². The van der Waals surface area contributed by atoms with Crippen LogP contribution in [0.5, 0.6) is 5.75 Å². The lowest BCUT2D eigenvalue weighted by atomic mass is 9.98. The molecule has 1 amide bonds. The number of carboxylic acids is 1. The van der Waals surface area contributed by atoms with Crippen LogP contribution in [0.1, 0.15) is 48.0 Å². The average Bonchev–Trinajstić information content (AvgIpc) is 3.21. The van der Waals surface area contributed by atoms with Crippen molar-refractivity contribution in [3.63, 3.8) is 0 Å². The molecule has 11 heteroatoms. The van der Waals surface area contributed by atoms with Crippen molar-refractivity contribution < 1.29 is 32.6 Å². The van der Waals surface area contributed by atoms with Gasteiger partial charge in [-0.3, -0.25) is 14.5 Å². The van der Waals surface area contributed by atoms with Crippen molar-refractivity contribution in [3.8, 4) is 17.5 Å². The first-order chi connectivity index (χ1) is 17.2. The predicted octanol–water partition coefficient (Wildman–Crippen LogP) is 5.23. The number of aromatic nitrogens is 2. The zero-order chi connectivity index (χ0) is 27.5. The topological polar surface area (TPSA) is 108 Å². The maximum Gasteiger partial charge on any atom is 0.416 e. The number of aryl methyl sites for hydroxylation is 1. The van der Waals surface area contributed by atoms with E-state index in [4.69, 9.17) is 4.74 Å². The largest absolute Gasteiger partial charge is 0.492 e. The first-order valence-electron chi connectivity index (χ1n) is 11.1. The van der Waals surface area contributed by atoms with E-state index in [1.165, 1.54) is 43.5 Å². The number of carbonyl (C=O) groups is 2. The van der Waals surface area contributed by atoms with Gasteiger partial charge in [0.2, 0.25) is 0 Å². The minimum absolute atomic E-state index is 0.00905. The van der Waals surface area contributed by atoms with Gasteiger partial charge in [0.25, 0.3) is 5.91 Å². The zero-order valence-corrected chi connectivity index (χ0v) is 20.6. The van der Waals surface area contributed by atoms with E-state index in [-0.39, 0.29) is 39.4 Å². The molecule has 0 aliphatic rings. The number of carboxylic acid groups (broad SMARTS) is 1. The number of alkyl halides is 3. The molecular formula is C26H25F3N4O4. The lowest BCUT2D eigenvalue weighted by molar-refractivity contribution is -0.137. The van der Waals surface area contributed by atoms with Gasteiger partial charge in [0.15, 0.2) is 0 Å². The summed E-state index contributed by atoms with van der Waals surface area (Å²) in [5, 5.41) is 23.2. The van der Waals surface area contributed by atoms with Crippen molar-refractivity contribution in [1.29, 1.82) is 5.26 Å². The van der Waals surface area contributed by atoms with Crippen LogP contribution in [0.25, 0.3) is 5.69 Å². The van der Waals surface area contributed by atoms with Crippen LogP contribution in [-0.2, 0) is 11.0 Å². The van der Waals surface area contributed by atoms with Gasteiger partial charge < -0.3 is 9.84 Å². The van der Waals surface area contributed by atoms with E-state index in [2.05, 4.69) is 5.10 Å². The number of hydrogen-bond acceptors (Lipinski definition) is 5. The Kier molecular flexibility index (Phi) is 7.62. The van der Waals surface area contributed by atoms with E-state index in [0.717, 1.165) is 21.7 Å². The van der Waals surface area contributed by atoms with Gasteiger partial charge in [0.1, 0.15) is 18.4 Å². The van der Waals surface area contributed by atoms with Crippen LogP contribution < -0.4 is 9.64 Å². The Balaban J connectivity index is 1.98. The number of hydrogen-bond donors (Lipinski definition) is 1. The number of rotatable bonds is 7. The third kappa shape index (κ3) is 6.67. The fourth-order valence-electron chi connectivity index (χ4n) is 3.38. The lowest BCUT2D eigenvalue weighted by Gasteiger charge is -2.23. The summed E-state index contributed by atoms with van der Waals surface area (Å²) in [7, 11) is 0. The van der Waals surface area contributed by atoms with Gasteiger partial charge in [-0.15, -0.1) is 0 Å². The molecule has 37 heavy (non-hydrogen) atoms. The third-order valence-corrected chi connectivity index (χ3v) is 5.16. The van der Waals surface area contributed by atoms with Crippen molar-refractivity contribution in [3.05, 3.63) is 71.0 Å². The Morgan fingerprint density at radius 2 is 1.86 bits per heavy atom. The van der Waals surface area contributed by atoms with Crippen LogP contribution in [0.3, 0.4) is 0 Å². The molecule has 0 saturated heterocycles. The molecule has 0 spiro atoms. The highest BCUT2D eigenvalue weighted by atomic mass is 19.4. The van der Waals surface area contributed by atoms with Crippen LogP contribution in [0.15, 0.2) is 48.7 Å². The van der Waals surface area contributed by atoms with Crippen LogP contribution >= 0.6 is 0 Å². The summed E-state index contributed by atoms with van der Waals surface area (Å²) in [5.41, 5.74) is -0.549. The van der Waals surface area contributed by atoms with E-state index < -0.39 is 30.2 Å². The fourth-order valence-corrected chi connectivity index (χ4v) is 3.38.